The number of hydrogen-bond donors (Lipinski definition) is 2. The number of hydrogen-bond acceptors (Lipinski definition) is 3. The van der Waals surface area contributed by atoms with E-state index < -0.39 is 6.03 Å². The molecule has 0 aromatic heterocycles. The van der Waals surface area contributed by atoms with Crippen molar-refractivity contribution in [1.82, 2.24) is 15.5 Å². The molecule has 0 fully saturated rings. The Morgan fingerprint density at radius 2 is 1.95 bits per heavy atom. The van der Waals surface area contributed by atoms with E-state index in [1.165, 1.54) is 7.05 Å². The second-order valence-electron chi connectivity index (χ2n) is 4.05. The number of imide groups is 1. The van der Waals surface area contributed by atoms with E-state index in [2.05, 4.69) is 10.6 Å². The van der Waals surface area contributed by atoms with Crippen molar-refractivity contribution >= 4 is 35.1 Å². The number of carbonyl (C=O) groups excluding carboxylic acids is 2. The van der Waals surface area contributed by atoms with Crippen LogP contribution >= 0.6 is 23.2 Å². The van der Waals surface area contributed by atoms with Gasteiger partial charge in [0.05, 0.1) is 16.6 Å². The highest BCUT2D eigenvalue weighted by Gasteiger charge is 2.10. The van der Waals surface area contributed by atoms with Crippen LogP contribution < -0.4 is 10.6 Å². The van der Waals surface area contributed by atoms with Gasteiger partial charge < -0.3 is 5.32 Å². The van der Waals surface area contributed by atoms with Crippen LogP contribution in [0.1, 0.15) is 5.56 Å². The van der Waals surface area contributed by atoms with E-state index in [4.69, 9.17) is 23.2 Å². The van der Waals surface area contributed by atoms with Crippen LogP contribution in [0.2, 0.25) is 10.0 Å². The van der Waals surface area contributed by atoms with Crippen molar-refractivity contribution in [2.24, 2.45) is 0 Å². The first-order valence-corrected chi connectivity index (χ1v) is 6.32. The summed E-state index contributed by atoms with van der Waals surface area (Å²) in [6.45, 7) is 0.631. The van der Waals surface area contributed by atoms with Crippen LogP contribution in [-0.2, 0) is 11.3 Å². The minimum absolute atomic E-state index is 0.105. The fraction of sp³-hybridized carbons (Fsp3) is 0.333. The monoisotopic (exact) mass is 303 g/mol. The van der Waals surface area contributed by atoms with Crippen LogP contribution in [0.4, 0.5) is 4.79 Å². The average molecular weight is 304 g/mol. The zero-order chi connectivity index (χ0) is 14.4. The summed E-state index contributed by atoms with van der Waals surface area (Å²) in [5.41, 5.74) is 0.935. The van der Waals surface area contributed by atoms with E-state index in [-0.39, 0.29) is 12.5 Å². The van der Waals surface area contributed by atoms with Crippen LogP contribution in [0.15, 0.2) is 18.2 Å². The topological polar surface area (TPSA) is 61.4 Å². The van der Waals surface area contributed by atoms with Gasteiger partial charge in [0.25, 0.3) is 0 Å². The standard InChI is InChI=1S/C12H15Cl2N3O2/c1-15-12(19)16-11(18)7-17(2)6-8-3-4-9(13)10(14)5-8/h3-5H,6-7H2,1-2H3,(H2,15,16,18,19). The molecule has 0 saturated heterocycles. The normalized spacial score (nSPS) is 10.4. The molecule has 0 saturated carbocycles. The number of likely N-dealkylation sites (N-methyl/N-ethyl adjacent to an activating group) is 1. The van der Waals surface area contributed by atoms with Crippen LogP contribution in [0.3, 0.4) is 0 Å². The van der Waals surface area contributed by atoms with Crippen LogP contribution in [-0.4, -0.2) is 37.5 Å². The minimum atomic E-state index is -0.520. The Kier molecular flexibility index (Phi) is 6.08. The molecule has 7 heteroatoms. The SMILES string of the molecule is CNC(=O)NC(=O)CN(C)Cc1ccc(Cl)c(Cl)c1. The van der Waals surface area contributed by atoms with Crippen molar-refractivity contribution < 1.29 is 9.59 Å². The molecule has 2 N–H and O–H groups in total. The fourth-order valence-electron chi connectivity index (χ4n) is 1.48. The smallest absolute Gasteiger partial charge is 0.321 e. The largest absolute Gasteiger partial charge is 0.341 e. The summed E-state index contributed by atoms with van der Waals surface area (Å²) in [5.74, 6) is -0.373. The summed E-state index contributed by atoms with van der Waals surface area (Å²) in [6, 6.07) is 4.77. The summed E-state index contributed by atoms with van der Waals surface area (Å²) in [5, 5.41) is 5.47. The number of rotatable bonds is 4. The van der Waals surface area contributed by atoms with Crippen LogP contribution in [0.5, 0.6) is 0 Å². The minimum Gasteiger partial charge on any atom is -0.341 e. The third kappa shape index (κ3) is 5.46. The van der Waals surface area contributed by atoms with Gasteiger partial charge in [-0.3, -0.25) is 15.0 Å². The first-order valence-electron chi connectivity index (χ1n) is 5.56. The molecule has 104 valence electrons. The van der Waals surface area contributed by atoms with E-state index in [0.29, 0.717) is 16.6 Å². The van der Waals surface area contributed by atoms with E-state index in [0.717, 1.165) is 5.56 Å². The predicted octanol–water partition coefficient (Wildman–Crippen LogP) is 1.88. The summed E-state index contributed by atoms with van der Waals surface area (Å²) in [6.07, 6.45) is 0. The molecule has 0 aliphatic rings. The number of halogens is 2. The highest BCUT2D eigenvalue weighted by molar-refractivity contribution is 6.42. The molecule has 0 radical (unpaired) electrons. The molecule has 1 rings (SSSR count). The Morgan fingerprint density at radius 3 is 2.53 bits per heavy atom. The van der Waals surface area contributed by atoms with Gasteiger partial charge in [-0.2, -0.15) is 0 Å². The van der Waals surface area contributed by atoms with Crippen molar-refractivity contribution in [3.8, 4) is 0 Å². The molecule has 5 nitrogen and oxygen atoms in total. The first kappa shape index (κ1) is 15.8. The predicted molar refractivity (Wildman–Crippen MR) is 75.4 cm³/mol. The Hall–Kier alpha value is -1.30. The fourth-order valence-corrected chi connectivity index (χ4v) is 1.80. The van der Waals surface area contributed by atoms with Gasteiger partial charge in [0.15, 0.2) is 0 Å². The third-order valence-corrected chi connectivity index (χ3v) is 3.07. The second-order valence-corrected chi connectivity index (χ2v) is 4.86. The summed E-state index contributed by atoms with van der Waals surface area (Å²) in [7, 11) is 3.22. The molecule has 3 amide bonds. The van der Waals surface area contributed by atoms with Crippen molar-refractivity contribution in [3.05, 3.63) is 33.8 Å². The second kappa shape index (κ2) is 7.33. The third-order valence-electron chi connectivity index (χ3n) is 2.33. The Balaban J connectivity index is 2.50. The first-order chi connectivity index (χ1) is 8.92. The van der Waals surface area contributed by atoms with Gasteiger partial charge in [0.1, 0.15) is 0 Å². The molecule has 1 aromatic carbocycles. The molecule has 0 bridgehead atoms. The lowest BCUT2D eigenvalue weighted by Gasteiger charge is -2.16. The zero-order valence-corrected chi connectivity index (χ0v) is 12.2. The molecule has 0 heterocycles. The zero-order valence-electron chi connectivity index (χ0n) is 10.7. The summed E-state index contributed by atoms with van der Waals surface area (Å²) in [4.78, 5) is 24.2. The van der Waals surface area contributed by atoms with E-state index in [9.17, 15) is 9.59 Å². The van der Waals surface area contributed by atoms with Gasteiger partial charge in [-0.05, 0) is 24.7 Å². The summed E-state index contributed by atoms with van der Waals surface area (Å²) < 4.78 is 0. The quantitative estimate of drug-likeness (QED) is 0.893. The van der Waals surface area contributed by atoms with E-state index in [1.54, 1.807) is 24.1 Å². The highest BCUT2D eigenvalue weighted by atomic mass is 35.5. The molecule has 0 unspecified atom stereocenters. The van der Waals surface area contributed by atoms with Gasteiger partial charge >= 0.3 is 6.03 Å². The van der Waals surface area contributed by atoms with Crippen molar-refractivity contribution in [2.45, 2.75) is 6.54 Å². The number of carbonyl (C=O) groups is 2. The molecule has 19 heavy (non-hydrogen) atoms. The number of benzene rings is 1. The van der Waals surface area contributed by atoms with Crippen LogP contribution in [0.25, 0.3) is 0 Å². The number of amides is 3. The lowest BCUT2D eigenvalue weighted by molar-refractivity contribution is -0.120. The number of urea groups is 1. The lowest BCUT2D eigenvalue weighted by atomic mass is 10.2. The van der Waals surface area contributed by atoms with Gasteiger partial charge in [-0.1, -0.05) is 29.3 Å². The van der Waals surface area contributed by atoms with Gasteiger partial charge in [-0.25, -0.2) is 4.79 Å². The van der Waals surface area contributed by atoms with Gasteiger partial charge in [-0.15, -0.1) is 0 Å². The van der Waals surface area contributed by atoms with Gasteiger partial charge in [0, 0.05) is 13.6 Å². The van der Waals surface area contributed by atoms with Crippen LogP contribution in [0, 0.1) is 0 Å². The molecular formula is C12H15Cl2N3O2. The molecular weight excluding hydrogens is 289 g/mol. The van der Waals surface area contributed by atoms with Gasteiger partial charge in [0.2, 0.25) is 5.91 Å². The Bertz CT molecular complexity index is 480. The van der Waals surface area contributed by atoms with Crippen molar-refractivity contribution in [1.29, 1.82) is 0 Å². The van der Waals surface area contributed by atoms with E-state index >= 15 is 0 Å². The maximum absolute atomic E-state index is 11.5. The van der Waals surface area contributed by atoms with E-state index in [1.807, 2.05) is 6.07 Å². The molecule has 1 aromatic rings. The molecule has 0 aliphatic carbocycles. The highest BCUT2D eigenvalue weighted by Crippen LogP contribution is 2.22. The maximum atomic E-state index is 11.5. The van der Waals surface area contributed by atoms with Crippen molar-refractivity contribution in [2.75, 3.05) is 20.6 Å². The molecule has 0 aliphatic heterocycles. The lowest BCUT2D eigenvalue weighted by Crippen LogP contribution is -2.42. The number of nitrogens with one attached hydrogen (secondary N) is 2. The Morgan fingerprint density at radius 1 is 1.26 bits per heavy atom. The number of nitrogens with zero attached hydrogens (tertiary/aromatic N) is 1. The average Bonchev–Trinajstić information content (AvgIpc) is 2.33. The Labute approximate surface area is 121 Å². The molecule has 0 spiro atoms. The van der Waals surface area contributed by atoms with Crippen molar-refractivity contribution in [3.63, 3.8) is 0 Å². The maximum Gasteiger partial charge on any atom is 0.321 e. The molecule has 0 atom stereocenters. The summed E-state index contributed by atoms with van der Waals surface area (Å²) >= 11 is 11.7.